The minimum Gasteiger partial charge on any atom is -0.389 e. The molecule has 1 heterocycles. The molecule has 0 saturated heterocycles. The Labute approximate surface area is 112 Å². The number of pyridine rings is 1. The second-order valence-corrected chi connectivity index (χ2v) is 4.53. The average molecular weight is 260 g/mol. The van der Waals surface area contributed by atoms with Gasteiger partial charge < -0.3 is 10.0 Å². The van der Waals surface area contributed by atoms with Crippen molar-refractivity contribution in [1.82, 2.24) is 4.98 Å². The first kappa shape index (κ1) is 13.5. The molecule has 19 heavy (non-hydrogen) atoms. The Morgan fingerprint density at radius 2 is 2.05 bits per heavy atom. The van der Waals surface area contributed by atoms with Crippen molar-refractivity contribution in [1.29, 1.82) is 0 Å². The van der Waals surface area contributed by atoms with Crippen molar-refractivity contribution in [2.24, 2.45) is 0 Å². The van der Waals surface area contributed by atoms with E-state index in [1.165, 1.54) is 6.07 Å². The Balaban J connectivity index is 2.29. The van der Waals surface area contributed by atoms with E-state index in [2.05, 4.69) is 4.98 Å². The van der Waals surface area contributed by atoms with Gasteiger partial charge in [-0.15, -0.1) is 0 Å². The molecule has 100 valence electrons. The fourth-order valence-corrected chi connectivity index (χ4v) is 2.09. The number of rotatable bonds is 4. The lowest BCUT2D eigenvalue weighted by Crippen LogP contribution is -2.20. The van der Waals surface area contributed by atoms with E-state index in [0.29, 0.717) is 17.8 Å². The third-order valence-corrected chi connectivity index (χ3v) is 2.98. The minimum atomic E-state index is -0.845. The first-order valence-corrected chi connectivity index (χ1v) is 6.17. The Morgan fingerprint density at radius 3 is 2.68 bits per heavy atom. The number of benzene rings is 1. The van der Waals surface area contributed by atoms with Crippen LogP contribution in [0.25, 0.3) is 0 Å². The molecular weight excluding hydrogens is 243 g/mol. The first-order chi connectivity index (χ1) is 9.09. The quantitative estimate of drug-likeness (QED) is 0.918. The minimum absolute atomic E-state index is 0.320. The molecule has 0 aliphatic heterocycles. The van der Waals surface area contributed by atoms with E-state index in [1.807, 2.05) is 30.1 Å². The summed E-state index contributed by atoms with van der Waals surface area (Å²) < 4.78 is 13.8. The molecule has 0 saturated carbocycles. The molecule has 0 bridgehead atoms. The third kappa shape index (κ3) is 3.09. The van der Waals surface area contributed by atoms with E-state index in [-0.39, 0.29) is 5.82 Å². The van der Waals surface area contributed by atoms with E-state index in [9.17, 15) is 9.50 Å². The summed E-state index contributed by atoms with van der Waals surface area (Å²) in [6, 6.07) is 10.5. The normalized spacial score (nSPS) is 12.2. The van der Waals surface area contributed by atoms with E-state index in [4.69, 9.17) is 0 Å². The Morgan fingerprint density at radius 1 is 1.26 bits per heavy atom. The van der Waals surface area contributed by atoms with Crippen LogP contribution in [0.15, 0.2) is 42.6 Å². The summed E-state index contributed by atoms with van der Waals surface area (Å²) in [6.07, 6.45) is 0.882. The van der Waals surface area contributed by atoms with Crippen LogP contribution >= 0.6 is 0 Å². The van der Waals surface area contributed by atoms with Crippen LogP contribution in [0, 0.1) is 5.82 Å². The van der Waals surface area contributed by atoms with E-state index >= 15 is 0 Å². The number of nitrogens with zero attached hydrogens (tertiary/aromatic N) is 2. The van der Waals surface area contributed by atoms with Gasteiger partial charge in [-0.3, -0.25) is 4.98 Å². The second kappa shape index (κ2) is 5.80. The molecule has 0 amide bonds. The second-order valence-electron chi connectivity index (χ2n) is 4.53. The first-order valence-electron chi connectivity index (χ1n) is 6.17. The zero-order valence-corrected chi connectivity index (χ0v) is 11.0. The van der Waals surface area contributed by atoms with Crippen LogP contribution in [-0.2, 0) is 6.54 Å². The maximum atomic E-state index is 13.8. The lowest BCUT2D eigenvalue weighted by Gasteiger charge is -2.23. The number of aliphatic hydroxyl groups excluding tert-OH is 1. The van der Waals surface area contributed by atoms with E-state index in [0.717, 1.165) is 5.69 Å². The monoisotopic (exact) mass is 260 g/mol. The molecule has 2 rings (SSSR count). The summed E-state index contributed by atoms with van der Waals surface area (Å²) in [4.78, 5) is 6.13. The predicted molar refractivity (Wildman–Crippen MR) is 73.4 cm³/mol. The highest BCUT2D eigenvalue weighted by Gasteiger charge is 2.16. The van der Waals surface area contributed by atoms with E-state index in [1.54, 1.807) is 25.3 Å². The standard InChI is InChI=1S/C15H17FN2O/c1-11(19)15-13(16)7-5-8-14(15)18(2)10-12-6-3-4-9-17-12/h3-9,11,19H,10H2,1-2H3. The molecule has 3 nitrogen and oxygen atoms in total. The summed E-state index contributed by atoms with van der Waals surface area (Å²) in [6.45, 7) is 2.13. The summed E-state index contributed by atoms with van der Waals surface area (Å²) in [5, 5.41) is 9.72. The number of aliphatic hydroxyl groups is 1. The van der Waals surface area contributed by atoms with Crippen molar-refractivity contribution in [3.63, 3.8) is 0 Å². The smallest absolute Gasteiger partial charge is 0.131 e. The van der Waals surface area contributed by atoms with Gasteiger partial charge in [-0.25, -0.2) is 4.39 Å². The van der Waals surface area contributed by atoms with Gasteiger partial charge in [0.2, 0.25) is 0 Å². The van der Waals surface area contributed by atoms with Gasteiger partial charge in [-0.1, -0.05) is 12.1 Å². The molecule has 0 aliphatic rings. The van der Waals surface area contributed by atoms with E-state index < -0.39 is 6.10 Å². The Kier molecular flexibility index (Phi) is 4.12. The predicted octanol–water partition coefficient (Wildman–Crippen LogP) is 2.91. The zero-order chi connectivity index (χ0) is 13.8. The number of aromatic nitrogens is 1. The van der Waals surface area contributed by atoms with Gasteiger partial charge in [0, 0.05) is 24.5 Å². The molecule has 1 aromatic heterocycles. The van der Waals surface area contributed by atoms with Crippen molar-refractivity contribution in [2.75, 3.05) is 11.9 Å². The van der Waals surface area contributed by atoms with Gasteiger partial charge in [0.25, 0.3) is 0 Å². The van der Waals surface area contributed by atoms with Crippen LogP contribution in [0.2, 0.25) is 0 Å². The van der Waals surface area contributed by atoms with Gasteiger partial charge in [-0.05, 0) is 31.2 Å². The van der Waals surface area contributed by atoms with Crippen LogP contribution in [0.1, 0.15) is 24.3 Å². The molecule has 4 heteroatoms. The van der Waals surface area contributed by atoms with Crippen molar-refractivity contribution in [2.45, 2.75) is 19.6 Å². The third-order valence-electron chi connectivity index (χ3n) is 2.98. The molecule has 0 spiro atoms. The molecule has 1 aromatic carbocycles. The van der Waals surface area contributed by atoms with Crippen molar-refractivity contribution < 1.29 is 9.50 Å². The van der Waals surface area contributed by atoms with Gasteiger partial charge in [0.1, 0.15) is 5.82 Å². The van der Waals surface area contributed by atoms with Crippen LogP contribution in [0.4, 0.5) is 10.1 Å². The fraction of sp³-hybridized carbons (Fsp3) is 0.267. The summed E-state index contributed by atoms with van der Waals surface area (Å²) in [7, 11) is 1.86. The van der Waals surface area contributed by atoms with Crippen molar-refractivity contribution in [3.8, 4) is 0 Å². The van der Waals surface area contributed by atoms with Crippen LogP contribution in [0.3, 0.4) is 0 Å². The highest BCUT2D eigenvalue weighted by atomic mass is 19.1. The maximum Gasteiger partial charge on any atom is 0.131 e. The van der Waals surface area contributed by atoms with Crippen molar-refractivity contribution in [3.05, 3.63) is 59.7 Å². The van der Waals surface area contributed by atoms with Gasteiger partial charge in [0.05, 0.1) is 18.3 Å². The van der Waals surface area contributed by atoms with Crippen LogP contribution in [0.5, 0.6) is 0 Å². The Bertz CT molecular complexity index is 543. The molecule has 0 fully saturated rings. The van der Waals surface area contributed by atoms with Crippen LogP contribution in [-0.4, -0.2) is 17.1 Å². The van der Waals surface area contributed by atoms with Gasteiger partial charge in [-0.2, -0.15) is 0 Å². The summed E-state index contributed by atoms with van der Waals surface area (Å²) >= 11 is 0. The zero-order valence-electron chi connectivity index (χ0n) is 11.0. The highest BCUT2D eigenvalue weighted by molar-refractivity contribution is 5.54. The van der Waals surface area contributed by atoms with Gasteiger partial charge >= 0.3 is 0 Å². The molecule has 0 radical (unpaired) electrons. The number of hydrogen-bond donors (Lipinski definition) is 1. The Hall–Kier alpha value is -1.94. The number of hydrogen-bond acceptors (Lipinski definition) is 3. The van der Waals surface area contributed by atoms with Gasteiger partial charge in [0.15, 0.2) is 0 Å². The fourth-order valence-electron chi connectivity index (χ4n) is 2.09. The highest BCUT2D eigenvalue weighted by Crippen LogP contribution is 2.28. The van der Waals surface area contributed by atoms with Crippen LogP contribution < -0.4 is 4.90 Å². The largest absolute Gasteiger partial charge is 0.389 e. The molecule has 0 aliphatic carbocycles. The maximum absolute atomic E-state index is 13.8. The average Bonchev–Trinajstić information content (AvgIpc) is 2.39. The molecular formula is C15H17FN2O. The summed E-state index contributed by atoms with van der Waals surface area (Å²) in [5.74, 6) is -0.389. The number of anilines is 1. The lowest BCUT2D eigenvalue weighted by atomic mass is 10.1. The summed E-state index contributed by atoms with van der Waals surface area (Å²) in [5.41, 5.74) is 1.90. The lowest BCUT2D eigenvalue weighted by molar-refractivity contribution is 0.194. The SMILES string of the molecule is CC(O)c1c(F)cccc1N(C)Cc1ccccn1. The molecule has 2 aromatic rings. The topological polar surface area (TPSA) is 36.4 Å². The number of halogens is 1. The molecule has 1 atom stereocenters. The van der Waals surface area contributed by atoms with Crippen molar-refractivity contribution >= 4 is 5.69 Å². The molecule has 1 unspecified atom stereocenters. The molecule has 1 N–H and O–H groups in total.